The number of para-hydroxylation sites is 1. The molecule has 0 saturated heterocycles. The normalized spacial score (nSPS) is 12.2. The molecule has 1 aromatic heterocycles. The Labute approximate surface area is 158 Å². The fourth-order valence-electron chi connectivity index (χ4n) is 2.50. The summed E-state index contributed by atoms with van der Waals surface area (Å²) in [6.45, 7) is 1.86. The molecule has 0 aliphatic rings. The molecule has 0 bridgehead atoms. The molecule has 138 valence electrons. The fraction of sp³-hybridized carbons (Fsp3) is 0.100. The van der Waals surface area contributed by atoms with Crippen LogP contribution in [0.5, 0.6) is 0 Å². The topological polar surface area (TPSA) is 88.2 Å². The van der Waals surface area contributed by atoms with Gasteiger partial charge in [-0.2, -0.15) is 0 Å². The molecule has 0 radical (unpaired) electrons. The number of nitrogens with zero attached hydrogens (tertiary/aromatic N) is 1. The maximum absolute atomic E-state index is 12.4. The summed E-state index contributed by atoms with van der Waals surface area (Å²) in [5.74, 6) is -0.286. The number of hydrogen-bond donors (Lipinski definition) is 2. The van der Waals surface area contributed by atoms with Gasteiger partial charge in [-0.15, -0.1) is 0 Å². The van der Waals surface area contributed by atoms with Crippen LogP contribution in [-0.4, -0.2) is 19.3 Å². The average molecular weight is 381 g/mol. The van der Waals surface area contributed by atoms with Crippen LogP contribution in [0.15, 0.2) is 84.0 Å². The lowest BCUT2D eigenvalue weighted by molar-refractivity contribution is 0.0939. The highest BCUT2D eigenvalue weighted by Gasteiger charge is 2.16. The lowest BCUT2D eigenvalue weighted by Gasteiger charge is -2.14. The highest BCUT2D eigenvalue weighted by molar-refractivity contribution is 7.92. The van der Waals surface area contributed by atoms with Gasteiger partial charge in [0.15, 0.2) is 0 Å². The van der Waals surface area contributed by atoms with Gasteiger partial charge in [0.25, 0.3) is 15.9 Å². The summed E-state index contributed by atoms with van der Waals surface area (Å²) in [6.07, 6.45) is 3.36. The van der Waals surface area contributed by atoms with Crippen LogP contribution in [0.2, 0.25) is 0 Å². The predicted molar refractivity (Wildman–Crippen MR) is 104 cm³/mol. The van der Waals surface area contributed by atoms with Gasteiger partial charge in [-0.1, -0.05) is 24.3 Å². The molecule has 2 aromatic carbocycles. The Balaban J connectivity index is 1.70. The molecule has 1 heterocycles. The Kier molecular flexibility index (Phi) is 5.52. The molecule has 0 spiro atoms. The number of amides is 1. The molecule has 3 rings (SSSR count). The van der Waals surface area contributed by atoms with E-state index in [1.165, 1.54) is 24.3 Å². The number of carbonyl (C=O) groups excluding carboxylic acids is 1. The van der Waals surface area contributed by atoms with Crippen molar-refractivity contribution in [2.45, 2.75) is 17.9 Å². The minimum atomic E-state index is -3.71. The molecule has 2 N–H and O–H groups in total. The molecular formula is C20H19N3O3S. The smallest absolute Gasteiger partial charge is 0.261 e. The van der Waals surface area contributed by atoms with Gasteiger partial charge in [-0.25, -0.2) is 8.42 Å². The number of rotatable bonds is 6. The quantitative estimate of drug-likeness (QED) is 0.685. The number of carbonyl (C=O) groups is 1. The third kappa shape index (κ3) is 4.71. The van der Waals surface area contributed by atoms with E-state index in [1.807, 2.05) is 13.0 Å². The first-order valence-electron chi connectivity index (χ1n) is 8.34. The molecule has 3 aromatic rings. The Morgan fingerprint density at radius 2 is 1.67 bits per heavy atom. The first kappa shape index (κ1) is 18.6. The van der Waals surface area contributed by atoms with Crippen molar-refractivity contribution in [3.05, 3.63) is 90.3 Å². The summed E-state index contributed by atoms with van der Waals surface area (Å²) in [6, 6.07) is 17.9. The van der Waals surface area contributed by atoms with Crippen LogP contribution in [0, 0.1) is 0 Å². The zero-order valence-corrected chi connectivity index (χ0v) is 15.5. The van der Waals surface area contributed by atoms with Crippen molar-refractivity contribution in [3.8, 4) is 0 Å². The van der Waals surface area contributed by atoms with Gasteiger partial charge in [0, 0.05) is 23.6 Å². The zero-order chi connectivity index (χ0) is 19.3. The molecule has 0 fully saturated rings. The molecule has 0 aliphatic heterocycles. The third-order valence-electron chi connectivity index (χ3n) is 3.98. The Bertz CT molecular complexity index is 1010. The van der Waals surface area contributed by atoms with Crippen molar-refractivity contribution in [1.82, 2.24) is 10.3 Å². The van der Waals surface area contributed by atoms with E-state index in [2.05, 4.69) is 15.0 Å². The molecule has 1 unspecified atom stereocenters. The van der Waals surface area contributed by atoms with Crippen LogP contribution in [0.3, 0.4) is 0 Å². The summed E-state index contributed by atoms with van der Waals surface area (Å²) in [5, 5.41) is 2.87. The van der Waals surface area contributed by atoms with Crippen molar-refractivity contribution in [2.24, 2.45) is 0 Å². The van der Waals surface area contributed by atoms with Crippen molar-refractivity contribution in [3.63, 3.8) is 0 Å². The average Bonchev–Trinajstić information content (AvgIpc) is 2.69. The maximum atomic E-state index is 12.4. The minimum absolute atomic E-state index is 0.0863. The SMILES string of the molecule is CC(NC(=O)c1ccc(S(=O)(=O)Nc2ccccc2)cc1)c1cccnc1. The van der Waals surface area contributed by atoms with E-state index in [9.17, 15) is 13.2 Å². The summed E-state index contributed by atoms with van der Waals surface area (Å²) >= 11 is 0. The van der Waals surface area contributed by atoms with Crippen LogP contribution in [0.25, 0.3) is 0 Å². The summed E-state index contributed by atoms with van der Waals surface area (Å²) in [4.78, 5) is 16.5. The molecule has 1 atom stereocenters. The summed E-state index contributed by atoms with van der Waals surface area (Å²) < 4.78 is 27.4. The van der Waals surface area contributed by atoms with Crippen LogP contribution in [0.4, 0.5) is 5.69 Å². The van der Waals surface area contributed by atoms with E-state index in [-0.39, 0.29) is 16.8 Å². The second-order valence-electron chi connectivity index (χ2n) is 5.98. The largest absolute Gasteiger partial charge is 0.345 e. The van der Waals surface area contributed by atoms with Crippen molar-refractivity contribution < 1.29 is 13.2 Å². The van der Waals surface area contributed by atoms with E-state index in [4.69, 9.17) is 0 Å². The van der Waals surface area contributed by atoms with Crippen LogP contribution < -0.4 is 10.0 Å². The van der Waals surface area contributed by atoms with Crippen molar-refractivity contribution in [1.29, 1.82) is 0 Å². The highest BCUT2D eigenvalue weighted by Crippen LogP contribution is 2.17. The first-order chi connectivity index (χ1) is 13.0. The van der Waals surface area contributed by atoms with Crippen LogP contribution in [0.1, 0.15) is 28.9 Å². The molecule has 0 aliphatic carbocycles. The standard InChI is InChI=1S/C20H19N3O3S/c1-15(17-6-5-13-21-14-17)22-20(24)16-9-11-19(12-10-16)27(25,26)23-18-7-3-2-4-8-18/h2-15,23H,1H3,(H,22,24). The number of sulfonamides is 1. The summed E-state index contributed by atoms with van der Waals surface area (Å²) in [7, 11) is -3.71. The number of benzene rings is 2. The molecular weight excluding hydrogens is 362 g/mol. The predicted octanol–water partition coefficient (Wildman–Crippen LogP) is 3.37. The van der Waals surface area contributed by atoms with E-state index in [0.29, 0.717) is 11.3 Å². The van der Waals surface area contributed by atoms with Crippen LogP contribution >= 0.6 is 0 Å². The van der Waals surface area contributed by atoms with Gasteiger partial charge in [0.05, 0.1) is 10.9 Å². The van der Waals surface area contributed by atoms with Gasteiger partial charge in [0.1, 0.15) is 0 Å². The molecule has 6 nitrogen and oxygen atoms in total. The lowest BCUT2D eigenvalue weighted by atomic mass is 10.1. The zero-order valence-electron chi connectivity index (χ0n) is 14.7. The second kappa shape index (κ2) is 8.01. The number of hydrogen-bond acceptors (Lipinski definition) is 4. The van der Waals surface area contributed by atoms with Gasteiger partial charge in [-0.3, -0.25) is 14.5 Å². The second-order valence-corrected chi connectivity index (χ2v) is 7.66. The van der Waals surface area contributed by atoms with E-state index >= 15 is 0 Å². The van der Waals surface area contributed by atoms with E-state index in [0.717, 1.165) is 5.56 Å². The Morgan fingerprint density at radius 3 is 2.30 bits per heavy atom. The van der Waals surface area contributed by atoms with Gasteiger partial charge >= 0.3 is 0 Å². The Hall–Kier alpha value is -3.19. The minimum Gasteiger partial charge on any atom is -0.345 e. The van der Waals surface area contributed by atoms with Gasteiger partial charge in [-0.05, 0) is 55.0 Å². The lowest BCUT2D eigenvalue weighted by Crippen LogP contribution is -2.26. The third-order valence-corrected chi connectivity index (χ3v) is 5.38. The number of pyridine rings is 1. The van der Waals surface area contributed by atoms with Gasteiger partial charge < -0.3 is 5.32 Å². The molecule has 0 saturated carbocycles. The molecule has 7 heteroatoms. The van der Waals surface area contributed by atoms with Crippen molar-refractivity contribution >= 4 is 21.6 Å². The monoisotopic (exact) mass is 381 g/mol. The highest BCUT2D eigenvalue weighted by atomic mass is 32.2. The number of aromatic nitrogens is 1. The van der Waals surface area contributed by atoms with Gasteiger partial charge in [0.2, 0.25) is 0 Å². The Morgan fingerprint density at radius 1 is 0.963 bits per heavy atom. The van der Waals surface area contributed by atoms with Crippen molar-refractivity contribution in [2.75, 3.05) is 4.72 Å². The fourth-order valence-corrected chi connectivity index (χ4v) is 3.56. The van der Waals surface area contributed by atoms with E-state index < -0.39 is 10.0 Å². The summed E-state index contributed by atoms with van der Waals surface area (Å²) in [5.41, 5.74) is 1.74. The van der Waals surface area contributed by atoms with Crippen LogP contribution in [-0.2, 0) is 10.0 Å². The molecule has 1 amide bonds. The number of anilines is 1. The van der Waals surface area contributed by atoms with E-state index in [1.54, 1.807) is 48.8 Å². The first-order valence-corrected chi connectivity index (χ1v) is 9.83. The maximum Gasteiger partial charge on any atom is 0.261 e. The number of nitrogens with one attached hydrogen (secondary N) is 2. The molecule has 27 heavy (non-hydrogen) atoms.